The second-order valence-corrected chi connectivity index (χ2v) is 10.7. The van der Waals surface area contributed by atoms with Gasteiger partial charge in [0.25, 0.3) is 0 Å². The Bertz CT molecular complexity index is 616. The van der Waals surface area contributed by atoms with E-state index in [0.717, 1.165) is 38.5 Å². The van der Waals surface area contributed by atoms with E-state index in [1.807, 2.05) is 0 Å². The van der Waals surface area contributed by atoms with Crippen LogP contribution in [0.1, 0.15) is 113 Å². The molecule has 0 saturated carbocycles. The first kappa shape index (κ1) is 32.5. The highest BCUT2D eigenvalue weighted by Crippen LogP contribution is 2.32. The first-order chi connectivity index (χ1) is 16.0. The van der Waals surface area contributed by atoms with Gasteiger partial charge in [-0.15, -0.1) is 5.11 Å². The van der Waals surface area contributed by atoms with Gasteiger partial charge in [-0.2, -0.15) is 0 Å². The maximum absolute atomic E-state index is 12.9. The fourth-order valence-corrected chi connectivity index (χ4v) is 4.04. The minimum absolute atomic E-state index is 0.203. The van der Waals surface area contributed by atoms with Crippen molar-refractivity contribution in [2.24, 2.45) is 15.8 Å². The molecule has 0 N–H and O–H groups in total. The molecule has 0 heterocycles. The van der Waals surface area contributed by atoms with Gasteiger partial charge in [-0.25, -0.2) is 5.01 Å². The van der Waals surface area contributed by atoms with E-state index < -0.39 is 0 Å². The number of hydrogen-bond donors (Lipinski definition) is 0. The van der Waals surface area contributed by atoms with Crippen molar-refractivity contribution in [2.45, 2.75) is 124 Å². The zero-order chi connectivity index (χ0) is 26.1. The Balaban J connectivity index is 4.39. The van der Waals surface area contributed by atoms with Gasteiger partial charge in [0.15, 0.2) is 0 Å². The van der Waals surface area contributed by atoms with E-state index in [9.17, 15) is 4.79 Å². The molecule has 0 aliphatic heterocycles. The summed E-state index contributed by atoms with van der Waals surface area (Å²) in [6.45, 7) is 23.8. The molecule has 0 aromatic heterocycles. The van der Waals surface area contributed by atoms with Crippen LogP contribution in [0.2, 0.25) is 0 Å². The van der Waals surface area contributed by atoms with E-state index in [-0.39, 0.29) is 16.6 Å². The van der Waals surface area contributed by atoms with Gasteiger partial charge in [0, 0.05) is 37.4 Å². The van der Waals surface area contributed by atoms with Crippen molar-refractivity contribution >= 4 is 5.78 Å². The summed E-state index contributed by atoms with van der Waals surface area (Å²) in [6, 6.07) is 0. The Morgan fingerprint density at radius 3 is 2.18 bits per heavy atom. The molecule has 34 heavy (non-hydrogen) atoms. The van der Waals surface area contributed by atoms with Gasteiger partial charge in [-0.3, -0.25) is 4.79 Å². The van der Waals surface area contributed by atoms with Crippen molar-refractivity contribution in [3.05, 3.63) is 25.6 Å². The average Bonchev–Trinajstić information content (AvgIpc) is 2.76. The van der Waals surface area contributed by atoms with Crippen molar-refractivity contribution in [2.75, 3.05) is 19.8 Å². The van der Waals surface area contributed by atoms with E-state index >= 15 is 0 Å². The summed E-state index contributed by atoms with van der Waals surface area (Å²) >= 11 is 0. The molecule has 0 aliphatic carbocycles. The van der Waals surface area contributed by atoms with Crippen LogP contribution in [0.4, 0.5) is 0 Å². The van der Waals surface area contributed by atoms with Gasteiger partial charge < -0.3 is 9.47 Å². The minimum atomic E-state index is -0.308. The molecule has 0 spiro atoms. The fraction of sp³-hybridized carbons (Fsp3) is 0.821. The summed E-state index contributed by atoms with van der Waals surface area (Å²) in [5.41, 5.74) is -0.786. The van der Waals surface area contributed by atoms with E-state index in [0.29, 0.717) is 32.0 Å². The fourth-order valence-electron chi connectivity index (χ4n) is 4.04. The van der Waals surface area contributed by atoms with Crippen LogP contribution in [0, 0.1) is 5.41 Å². The van der Waals surface area contributed by atoms with E-state index in [1.54, 1.807) is 11.2 Å². The number of nitrogens with zero attached hydrogens (tertiary/aromatic N) is 3. The van der Waals surface area contributed by atoms with Crippen LogP contribution in [0.25, 0.3) is 0 Å². The van der Waals surface area contributed by atoms with Crippen molar-refractivity contribution in [1.82, 2.24) is 5.01 Å². The van der Waals surface area contributed by atoms with Crippen LogP contribution < -0.4 is 0 Å². The zero-order valence-corrected chi connectivity index (χ0v) is 23.3. The molecule has 0 amide bonds. The normalized spacial score (nSPS) is 14.2. The average molecular weight is 480 g/mol. The number of unbranched alkanes of at least 4 members (excludes halogenated alkanes) is 3. The summed E-state index contributed by atoms with van der Waals surface area (Å²) in [6.07, 6.45) is 12.9. The third kappa shape index (κ3) is 13.4. The summed E-state index contributed by atoms with van der Waals surface area (Å²) in [7, 11) is 0. The van der Waals surface area contributed by atoms with Gasteiger partial charge in [0.1, 0.15) is 5.78 Å². The van der Waals surface area contributed by atoms with Crippen LogP contribution in [0.3, 0.4) is 0 Å². The molecule has 1 atom stereocenters. The highest BCUT2D eigenvalue weighted by Gasteiger charge is 2.31. The molecule has 198 valence electrons. The maximum atomic E-state index is 12.9. The smallest absolute Gasteiger partial charge is 0.141 e. The lowest BCUT2D eigenvalue weighted by Gasteiger charge is -2.34. The highest BCUT2D eigenvalue weighted by molar-refractivity contribution is 5.84. The van der Waals surface area contributed by atoms with Crippen LogP contribution in [-0.2, 0) is 14.3 Å². The molecule has 0 radical (unpaired) electrons. The van der Waals surface area contributed by atoms with E-state index in [2.05, 4.69) is 72.0 Å². The Labute approximate surface area is 210 Å². The van der Waals surface area contributed by atoms with Crippen LogP contribution in [0.15, 0.2) is 35.9 Å². The molecule has 0 fully saturated rings. The lowest BCUT2D eigenvalue weighted by atomic mass is 9.76. The minimum Gasteiger partial charge on any atom is -0.381 e. The monoisotopic (exact) mass is 479 g/mol. The second kappa shape index (κ2) is 17.0. The highest BCUT2D eigenvalue weighted by atomic mass is 16.5. The summed E-state index contributed by atoms with van der Waals surface area (Å²) in [5, 5.41) is 9.67. The predicted octanol–water partition coefficient (Wildman–Crippen LogP) is 8.05. The lowest BCUT2D eigenvalue weighted by molar-refractivity contribution is -0.130. The topological polar surface area (TPSA) is 63.5 Å². The van der Waals surface area contributed by atoms with Gasteiger partial charge in [0.2, 0.25) is 0 Å². The summed E-state index contributed by atoms with van der Waals surface area (Å²) in [5.74, 6) is 0.351. The van der Waals surface area contributed by atoms with Gasteiger partial charge in [-0.05, 0) is 53.4 Å². The quantitative estimate of drug-likeness (QED) is 0.0895. The molecule has 0 saturated heterocycles. The predicted molar refractivity (Wildman–Crippen MR) is 143 cm³/mol. The number of ketones is 1. The molecule has 0 rings (SSSR count). The van der Waals surface area contributed by atoms with Crippen LogP contribution in [-0.4, -0.2) is 41.8 Å². The first-order valence-corrected chi connectivity index (χ1v) is 13.2. The number of ether oxygens (including phenoxy) is 2. The Morgan fingerprint density at radius 1 is 0.882 bits per heavy atom. The van der Waals surface area contributed by atoms with Crippen molar-refractivity contribution in [1.29, 1.82) is 0 Å². The molecule has 0 bridgehead atoms. The number of rotatable bonds is 22. The molecular weight excluding hydrogens is 426 g/mol. The first-order valence-electron chi connectivity index (χ1n) is 13.2. The summed E-state index contributed by atoms with van der Waals surface area (Å²) < 4.78 is 12.0. The summed E-state index contributed by atoms with van der Waals surface area (Å²) in [4.78, 5) is 12.9. The molecule has 1 unspecified atom stereocenters. The van der Waals surface area contributed by atoms with Crippen LogP contribution in [0.5, 0.6) is 0 Å². The molecule has 0 aromatic rings. The van der Waals surface area contributed by atoms with Gasteiger partial charge in [0.05, 0.1) is 17.7 Å². The Hall–Kier alpha value is -1.53. The Kier molecular flexibility index (Phi) is 16.2. The largest absolute Gasteiger partial charge is 0.381 e. The van der Waals surface area contributed by atoms with Crippen molar-refractivity contribution in [3.8, 4) is 0 Å². The number of Topliss-reactive ketones (excluding diaryl/α,β-unsaturated/α-hetero) is 1. The number of hydrogen-bond acceptors (Lipinski definition) is 5. The standard InChI is InChI=1S/C28H53N3O3/c1-10-14-15-16-19-28(9,18-11-2)25(32)17-22-33-23-21-27(7,8)34-24-20-26(5,6)31(13-4)30-29-12-3/h12-13H,3-4,10-11,14-24H2,1-2,5-9H3. The lowest BCUT2D eigenvalue weighted by Crippen LogP contribution is -2.38. The third-order valence-electron chi connectivity index (χ3n) is 6.61. The van der Waals surface area contributed by atoms with Crippen molar-refractivity contribution < 1.29 is 14.3 Å². The molecular formula is C28H53N3O3. The number of carbonyl (C=O) groups is 1. The second-order valence-electron chi connectivity index (χ2n) is 10.7. The van der Waals surface area contributed by atoms with Gasteiger partial charge >= 0.3 is 0 Å². The number of carbonyl (C=O) groups excluding carboxylic acids is 1. The Morgan fingerprint density at radius 2 is 1.59 bits per heavy atom. The van der Waals surface area contributed by atoms with E-state index in [4.69, 9.17) is 9.47 Å². The van der Waals surface area contributed by atoms with E-state index in [1.165, 1.54) is 25.5 Å². The van der Waals surface area contributed by atoms with Crippen molar-refractivity contribution in [3.63, 3.8) is 0 Å². The molecule has 0 aliphatic rings. The zero-order valence-electron chi connectivity index (χ0n) is 23.3. The van der Waals surface area contributed by atoms with Crippen LogP contribution >= 0.6 is 0 Å². The molecule has 6 heteroatoms. The van der Waals surface area contributed by atoms with Gasteiger partial charge in [-0.1, -0.05) is 71.3 Å². The SMILES string of the molecule is C=CN=NN(C=C)C(C)(C)CCOC(C)(C)CCOCCC(=O)C(C)(CCC)CCCCCC. The maximum Gasteiger partial charge on any atom is 0.141 e. The third-order valence-corrected chi connectivity index (χ3v) is 6.61. The molecule has 6 nitrogen and oxygen atoms in total. The molecule has 0 aromatic carbocycles.